The Morgan fingerprint density at radius 3 is 2.75 bits per heavy atom. The maximum absolute atomic E-state index is 11.5. The minimum atomic E-state index is -0.751. The van der Waals surface area contributed by atoms with E-state index >= 15 is 0 Å². The number of hydrogen-bond donors (Lipinski definition) is 2. The Kier molecular flexibility index (Phi) is 7.72. The van der Waals surface area contributed by atoms with E-state index in [0.717, 1.165) is 24.8 Å². The molecule has 1 amide bonds. The normalized spacial score (nSPS) is 10.6. The molecule has 1 rings (SSSR count). The summed E-state index contributed by atoms with van der Waals surface area (Å²) in [5, 5.41) is 11.3. The number of nitrogens with one attached hydrogen (secondary N) is 1. The first kappa shape index (κ1) is 15.9. The molecule has 1 aromatic heterocycles. The van der Waals surface area contributed by atoms with Crippen LogP contribution in [0.3, 0.4) is 0 Å². The van der Waals surface area contributed by atoms with E-state index in [1.54, 1.807) is 18.5 Å². The molecular formula is C15H20N2O3. The number of amides is 1. The quantitative estimate of drug-likeness (QED) is 0.535. The SMILES string of the molecule is O=C(O)CCCCCCNC(=O)C=Cc1cccnc1. The van der Waals surface area contributed by atoms with Crippen LogP contribution in [0.5, 0.6) is 0 Å². The number of carbonyl (C=O) groups is 2. The topological polar surface area (TPSA) is 79.3 Å². The zero-order valence-corrected chi connectivity index (χ0v) is 11.4. The number of carboxylic acids is 1. The second-order valence-electron chi connectivity index (χ2n) is 4.47. The molecule has 0 aromatic carbocycles. The van der Waals surface area contributed by atoms with Crippen LogP contribution in [-0.2, 0) is 9.59 Å². The van der Waals surface area contributed by atoms with Gasteiger partial charge in [0.2, 0.25) is 5.91 Å². The van der Waals surface area contributed by atoms with Gasteiger partial charge in [-0.2, -0.15) is 0 Å². The largest absolute Gasteiger partial charge is 0.481 e. The highest BCUT2D eigenvalue weighted by Gasteiger charge is 1.97. The summed E-state index contributed by atoms with van der Waals surface area (Å²) in [7, 11) is 0. The van der Waals surface area contributed by atoms with Crippen LogP contribution in [0.25, 0.3) is 6.08 Å². The van der Waals surface area contributed by atoms with Crippen molar-refractivity contribution in [3.63, 3.8) is 0 Å². The lowest BCUT2D eigenvalue weighted by molar-refractivity contribution is -0.137. The highest BCUT2D eigenvalue weighted by molar-refractivity contribution is 5.91. The van der Waals surface area contributed by atoms with Crippen molar-refractivity contribution in [3.8, 4) is 0 Å². The summed E-state index contributed by atoms with van der Waals surface area (Å²) in [6.07, 6.45) is 10.2. The van der Waals surface area contributed by atoms with Gasteiger partial charge in [0.1, 0.15) is 0 Å². The molecule has 0 fully saturated rings. The molecule has 20 heavy (non-hydrogen) atoms. The number of nitrogens with zero attached hydrogens (tertiary/aromatic N) is 1. The predicted molar refractivity (Wildman–Crippen MR) is 77.0 cm³/mol. The minimum Gasteiger partial charge on any atom is -0.481 e. The van der Waals surface area contributed by atoms with Crippen molar-refractivity contribution in [1.82, 2.24) is 10.3 Å². The molecule has 0 aliphatic carbocycles. The molecule has 0 unspecified atom stereocenters. The molecule has 0 radical (unpaired) electrons. The van der Waals surface area contributed by atoms with E-state index in [9.17, 15) is 9.59 Å². The third-order valence-electron chi connectivity index (χ3n) is 2.73. The van der Waals surface area contributed by atoms with Gasteiger partial charge in [-0.15, -0.1) is 0 Å². The van der Waals surface area contributed by atoms with Gasteiger partial charge in [-0.3, -0.25) is 14.6 Å². The number of aliphatic carboxylic acids is 1. The molecule has 0 aliphatic heterocycles. The number of unbranched alkanes of at least 4 members (excludes halogenated alkanes) is 3. The summed E-state index contributed by atoms with van der Waals surface area (Å²) in [5.41, 5.74) is 0.885. The molecule has 1 aromatic rings. The van der Waals surface area contributed by atoms with Gasteiger partial charge in [0, 0.05) is 31.4 Å². The molecule has 0 saturated heterocycles. The number of carbonyl (C=O) groups excluding carboxylic acids is 1. The molecule has 108 valence electrons. The molecule has 0 atom stereocenters. The van der Waals surface area contributed by atoms with Gasteiger partial charge in [-0.25, -0.2) is 0 Å². The van der Waals surface area contributed by atoms with Crippen LogP contribution in [0.15, 0.2) is 30.6 Å². The van der Waals surface area contributed by atoms with Gasteiger partial charge in [-0.05, 0) is 30.5 Å². The van der Waals surface area contributed by atoms with Crippen LogP contribution in [0.1, 0.15) is 37.7 Å². The molecular weight excluding hydrogens is 256 g/mol. The molecule has 5 heteroatoms. The summed E-state index contributed by atoms with van der Waals surface area (Å²) in [6, 6.07) is 3.69. The Morgan fingerprint density at radius 2 is 2.05 bits per heavy atom. The number of aromatic nitrogens is 1. The minimum absolute atomic E-state index is 0.126. The molecule has 0 bridgehead atoms. The number of hydrogen-bond acceptors (Lipinski definition) is 3. The fourth-order valence-corrected chi connectivity index (χ4v) is 1.67. The van der Waals surface area contributed by atoms with Gasteiger partial charge in [-0.1, -0.05) is 18.9 Å². The zero-order valence-electron chi connectivity index (χ0n) is 11.4. The van der Waals surface area contributed by atoms with E-state index in [1.165, 1.54) is 6.08 Å². The van der Waals surface area contributed by atoms with Crippen molar-refractivity contribution in [2.45, 2.75) is 32.1 Å². The zero-order chi connectivity index (χ0) is 14.6. The molecule has 2 N–H and O–H groups in total. The second-order valence-corrected chi connectivity index (χ2v) is 4.47. The standard InChI is InChI=1S/C15H20N2O3/c18-14(9-8-13-6-5-10-16-12-13)17-11-4-2-1-3-7-15(19)20/h5-6,8-10,12H,1-4,7,11H2,(H,17,18)(H,19,20). The van der Waals surface area contributed by atoms with Crippen LogP contribution >= 0.6 is 0 Å². The van der Waals surface area contributed by atoms with Crippen molar-refractivity contribution in [3.05, 3.63) is 36.2 Å². The Hall–Kier alpha value is -2.17. The summed E-state index contributed by atoms with van der Waals surface area (Å²) in [5.74, 6) is -0.877. The van der Waals surface area contributed by atoms with E-state index in [0.29, 0.717) is 13.0 Å². The lowest BCUT2D eigenvalue weighted by Crippen LogP contribution is -2.21. The van der Waals surface area contributed by atoms with Crippen molar-refractivity contribution in [2.75, 3.05) is 6.54 Å². The smallest absolute Gasteiger partial charge is 0.303 e. The number of rotatable bonds is 9. The first-order valence-electron chi connectivity index (χ1n) is 6.76. The first-order valence-corrected chi connectivity index (χ1v) is 6.76. The lowest BCUT2D eigenvalue weighted by Gasteiger charge is -2.02. The van der Waals surface area contributed by atoms with E-state index < -0.39 is 5.97 Å². The highest BCUT2D eigenvalue weighted by Crippen LogP contribution is 2.02. The van der Waals surface area contributed by atoms with Gasteiger partial charge < -0.3 is 10.4 Å². The van der Waals surface area contributed by atoms with Crippen molar-refractivity contribution >= 4 is 18.0 Å². The van der Waals surface area contributed by atoms with Crippen molar-refractivity contribution in [2.24, 2.45) is 0 Å². The maximum atomic E-state index is 11.5. The van der Waals surface area contributed by atoms with E-state index in [-0.39, 0.29) is 12.3 Å². The number of pyridine rings is 1. The summed E-state index contributed by atoms with van der Waals surface area (Å²) in [6.45, 7) is 0.614. The second kappa shape index (κ2) is 9.72. The Bertz CT molecular complexity index is 444. The van der Waals surface area contributed by atoms with Gasteiger partial charge >= 0.3 is 5.97 Å². The first-order chi connectivity index (χ1) is 9.68. The highest BCUT2D eigenvalue weighted by atomic mass is 16.4. The van der Waals surface area contributed by atoms with E-state index in [4.69, 9.17) is 5.11 Å². The third-order valence-corrected chi connectivity index (χ3v) is 2.73. The van der Waals surface area contributed by atoms with E-state index in [1.807, 2.05) is 12.1 Å². The van der Waals surface area contributed by atoms with Gasteiger partial charge in [0.05, 0.1) is 0 Å². The van der Waals surface area contributed by atoms with Crippen LogP contribution in [0.4, 0.5) is 0 Å². The van der Waals surface area contributed by atoms with Gasteiger partial charge in [0.25, 0.3) is 0 Å². The van der Waals surface area contributed by atoms with Crippen molar-refractivity contribution in [1.29, 1.82) is 0 Å². The molecule has 0 aliphatic rings. The average molecular weight is 276 g/mol. The van der Waals surface area contributed by atoms with E-state index in [2.05, 4.69) is 10.3 Å². The van der Waals surface area contributed by atoms with Crippen LogP contribution in [0.2, 0.25) is 0 Å². The molecule has 0 spiro atoms. The van der Waals surface area contributed by atoms with Gasteiger partial charge in [0.15, 0.2) is 0 Å². The molecule has 5 nitrogen and oxygen atoms in total. The van der Waals surface area contributed by atoms with Crippen molar-refractivity contribution < 1.29 is 14.7 Å². The predicted octanol–water partition coefficient (Wildman–Crippen LogP) is 2.25. The Balaban J connectivity index is 2.06. The summed E-state index contributed by atoms with van der Waals surface area (Å²) in [4.78, 5) is 25.8. The fraction of sp³-hybridized carbons (Fsp3) is 0.400. The van der Waals surface area contributed by atoms with Crippen LogP contribution in [-0.4, -0.2) is 28.5 Å². The Labute approximate surface area is 118 Å². The fourth-order valence-electron chi connectivity index (χ4n) is 1.67. The maximum Gasteiger partial charge on any atom is 0.303 e. The third kappa shape index (κ3) is 8.02. The van der Waals surface area contributed by atoms with Crippen LogP contribution in [0, 0.1) is 0 Å². The molecule has 1 heterocycles. The lowest BCUT2D eigenvalue weighted by atomic mass is 10.1. The Morgan fingerprint density at radius 1 is 1.25 bits per heavy atom. The average Bonchev–Trinajstić information content (AvgIpc) is 2.45. The summed E-state index contributed by atoms with van der Waals surface area (Å²) < 4.78 is 0. The number of carboxylic acid groups (broad SMARTS) is 1. The van der Waals surface area contributed by atoms with Crippen LogP contribution < -0.4 is 5.32 Å². The monoisotopic (exact) mass is 276 g/mol. The summed E-state index contributed by atoms with van der Waals surface area (Å²) >= 11 is 0. The molecule has 0 saturated carbocycles.